The Morgan fingerprint density at radius 1 is 1.27 bits per heavy atom. The lowest BCUT2D eigenvalue weighted by Gasteiger charge is -2.04. The van der Waals surface area contributed by atoms with E-state index < -0.39 is 0 Å². The molecule has 22 heavy (non-hydrogen) atoms. The van der Waals surface area contributed by atoms with Crippen molar-refractivity contribution in [2.75, 3.05) is 0 Å². The normalized spacial score (nSPS) is 10.6. The van der Waals surface area contributed by atoms with Crippen LogP contribution in [-0.2, 0) is 6.42 Å². The van der Waals surface area contributed by atoms with E-state index in [-0.39, 0.29) is 11.7 Å². The molecule has 0 aliphatic carbocycles. The van der Waals surface area contributed by atoms with Crippen LogP contribution in [0.1, 0.15) is 21.5 Å². The molecule has 0 aliphatic rings. The predicted molar refractivity (Wildman–Crippen MR) is 88.5 cm³/mol. The van der Waals surface area contributed by atoms with Crippen LogP contribution in [0.2, 0.25) is 5.02 Å². The fourth-order valence-electron chi connectivity index (χ4n) is 1.86. The number of hydrogen-bond donors (Lipinski definition) is 2. The largest absolute Gasteiger partial charge is 0.507 e. The van der Waals surface area contributed by atoms with Gasteiger partial charge in [-0.15, -0.1) is 6.58 Å². The third kappa shape index (κ3) is 3.96. The van der Waals surface area contributed by atoms with Crippen LogP contribution in [0, 0.1) is 0 Å². The van der Waals surface area contributed by atoms with E-state index in [9.17, 15) is 9.90 Å². The Bertz CT molecular complexity index is 709. The number of carbonyl (C=O) groups is 1. The number of hydrogen-bond acceptors (Lipinski definition) is 3. The minimum absolute atomic E-state index is 0.131. The maximum Gasteiger partial charge on any atom is 0.271 e. The number of aromatic hydroxyl groups is 1. The van der Waals surface area contributed by atoms with Gasteiger partial charge in [-0.3, -0.25) is 4.79 Å². The molecule has 2 aromatic rings. The number of nitrogens with one attached hydrogen (secondary N) is 1. The van der Waals surface area contributed by atoms with Gasteiger partial charge in [0.25, 0.3) is 5.91 Å². The molecule has 5 heteroatoms. The van der Waals surface area contributed by atoms with Crippen LogP contribution < -0.4 is 5.43 Å². The number of carbonyl (C=O) groups excluding carboxylic acids is 1. The summed E-state index contributed by atoms with van der Waals surface area (Å²) in [6, 6.07) is 11.8. The van der Waals surface area contributed by atoms with E-state index in [1.807, 2.05) is 0 Å². The second kappa shape index (κ2) is 7.43. The first-order chi connectivity index (χ1) is 10.6. The molecule has 0 atom stereocenters. The molecule has 1 amide bonds. The zero-order valence-corrected chi connectivity index (χ0v) is 12.5. The SMILES string of the molecule is C=CCc1cccc(/C=N\NC(=O)c2ccc(Cl)cc2)c1O. The van der Waals surface area contributed by atoms with Crippen LogP contribution in [0.4, 0.5) is 0 Å². The van der Waals surface area contributed by atoms with Crippen molar-refractivity contribution in [2.24, 2.45) is 5.10 Å². The second-order valence-electron chi connectivity index (χ2n) is 4.55. The van der Waals surface area contributed by atoms with Crippen LogP contribution in [0.5, 0.6) is 5.75 Å². The molecule has 2 rings (SSSR count). The summed E-state index contributed by atoms with van der Waals surface area (Å²) in [5.74, 6) is -0.221. The summed E-state index contributed by atoms with van der Waals surface area (Å²) in [6.07, 6.45) is 3.67. The lowest BCUT2D eigenvalue weighted by Crippen LogP contribution is -2.17. The van der Waals surface area contributed by atoms with Crippen LogP contribution in [0.15, 0.2) is 60.2 Å². The van der Waals surface area contributed by atoms with E-state index >= 15 is 0 Å². The van der Waals surface area contributed by atoms with Gasteiger partial charge in [0.1, 0.15) is 5.75 Å². The molecular formula is C17H15ClN2O2. The highest BCUT2D eigenvalue weighted by molar-refractivity contribution is 6.30. The standard InChI is InChI=1S/C17H15ClN2O2/c1-2-4-12-5-3-6-14(16(12)21)11-19-20-17(22)13-7-9-15(18)10-8-13/h2-3,5-11,21H,1,4H2,(H,20,22)/b19-11-. The number of phenols is 1. The molecule has 0 bridgehead atoms. The summed E-state index contributed by atoms with van der Waals surface area (Å²) in [5, 5.41) is 14.5. The number of halogens is 1. The quantitative estimate of drug-likeness (QED) is 0.504. The molecule has 0 saturated carbocycles. The van der Waals surface area contributed by atoms with Crippen LogP contribution in [0.3, 0.4) is 0 Å². The fraction of sp³-hybridized carbons (Fsp3) is 0.0588. The zero-order valence-electron chi connectivity index (χ0n) is 11.8. The van der Waals surface area contributed by atoms with Gasteiger partial charge in [0, 0.05) is 16.1 Å². The molecule has 112 valence electrons. The van der Waals surface area contributed by atoms with E-state index in [1.165, 1.54) is 6.21 Å². The smallest absolute Gasteiger partial charge is 0.271 e. The van der Waals surface area contributed by atoms with Crippen molar-refractivity contribution in [3.8, 4) is 5.75 Å². The molecule has 0 saturated heterocycles. The molecule has 0 radical (unpaired) electrons. The highest BCUT2D eigenvalue weighted by atomic mass is 35.5. The first kappa shape index (κ1) is 15.8. The highest BCUT2D eigenvalue weighted by Crippen LogP contribution is 2.21. The molecule has 0 aromatic heterocycles. The van der Waals surface area contributed by atoms with Gasteiger partial charge >= 0.3 is 0 Å². The topological polar surface area (TPSA) is 61.7 Å². The second-order valence-corrected chi connectivity index (χ2v) is 4.99. The van der Waals surface area contributed by atoms with E-state index in [2.05, 4.69) is 17.1 Å². The Morgan fingerprint density at radius 2 is 2.00 bits per heavy atom. The van der Waals surface area contributed by atoms with Crippen molar-refractivity contribution in [1.29, 1.82) is 0 Å². The van der Waals surface area contributed by atoms with Gasteiger partial charge in [-0.2, -0.15) is 5.10 Å². The van der Waals surface area contributed by atoms with Crippen molar-refractivity contribution >= 4 is 23.7 Å². The molecule has 0 spiro atoms. The van der Waals surface area contributed by atoms with Gasteiger partial charge in [0.2, 0.25) is 0 Å². The summed E-state index contributed by atoms with van der Waals surface area (Å²) >= 11 is 5.76. The molecule has 4 nitrogen and oxygen atoms in total. The average molecular weight is 315 g/mol. The summed E-state index contributed by atoms with van der Waals surface area (Å²) in [6.45, 7) is 3.64. The third-order valence-corrected chi connectivity index (χ3v) is 3.24. The van der Waals surface area contributed by atoms with E-state index in [1.54, 1.807) is 48.5 Å². The third-order valence-electron chi connectivity index (χ3n) is 2.99. The number of nitrogens with zero attached hydrogens (tertiary/aromatic N) is 1. The minimum Gasteiger partial charge on any atom is -0.507 e. The maximum absolute atomic E-state index is 11.9. The molecule has 0 fully saturated rings. The monoisotopic (exact) mass is 314 g/mol. The Labute approximate surface area is 133 Å². The Hall–Kier alpha value is -2.59. The van der Waals surface area contributed by atoms with Crippen molar-refractivity contribution in [2.45, 2.75) is 6.42 Å². The molecule has 0 aliphatic heterocycles. The van der Waals surface area contributed by atoms with E-state index in [0.29, 0.717) is 22.6 Å². The summed E-state index contributed by atoms with van der Waals surface area (Å²) in [5.41, 5.74) is 4.13. The zero-order chi connectivity index (χ0) is 15.9. The number of para-hydroxylation sites is 1. The number of phenolic OH excluding ortho intramolecular Hbond substituents is 1. The van der Waals surface area contributed by atoms with Gasteiger partial charge in [-0.05, 0) is 42.3 Å². The molecule has 2 N–H and O–H groups in total. The molecular weight excluding hydrogens is 300 g/mol. The Morgan fingerprint density at radius 3 is 2.68 bits per heavy atom. The van der Waals surface area contributed by atoms with Gasteiger partial charge in [0.15, 0.2) is 0 Å². The number of rotatable bonds is 5. The number of benzene rings is 2. The van der Waals surface area contributed by atoms with Gasteiger partial charge in [0.05, 0.1) is 6.21 Å². The Balaban J connectivity index is 2.06. The van der Waals surface area contributed by atoms with Crippen LogP contribution in [0.25, 0.3) is 0 Å². The van der Waals surface area contributed by atoms with Gasteiger partial charge in [-0.25, -0.2) is 5.43 Å². The lowest BCUT2D eigenvalue weighted by molar-refractivity contribution is 0.0955. The predicted octanol–water partition coefficient (Wildman–Crippen LogP) is 3.54. The van der Waals surface area contributed by atoms with Crippen LogP contribution in [-0.4, -0.2) is 17.2 Å². The van der Waals surface area contributed by atoms with Crippen molar-refractivity contribution in [3.05, 3.63) is 76.8 Å². The number of amides is 1. The van der Waals surface area contributed by atoms with Crippen molar-refractivity contribution < 1.29 is 9.90 Å². The van der Waals surface area contributed by atoms with Crippen LogP contribution >= 0.6 is 11.6 Å². The van der Waals surface area contributed by atoms with Crippen molar-refractivity contribution in [3.63, 3.8) is 0 Å². The first-order valence-corrected chi connectivity index (χ1v) is 7.00. The molecule has 2 aromatic carbocycles. The van der Waals surface area contributed by atoms with E-state index in [0.717, 1.165) is 5.56 Å². The summed E-state index contributed by atoms with van der Waals surface area (Å²) in [7, 11) is 0. The average Bonchev–Trinajstić information content (AvgIpc) is 2.51. The minimum atomic E-state index is -0.352. The van der Waals surface area contributed by atoms with Gasteiger partial charge < -0.3 is 5.11 Å². The lowest BCUT2D eigenvalue weighted by atomic mass is 10.1. The summed E-state index contributed by atoms with van der Waals surface area (Å²) in [4.78, 5) is 11.9. The first-order valence-electron chi connectivity index (χ1n) is 6.62. The van der Waals surface area contributed by atoms with Crippen molar-refractivity contribution in [1.82, 2.24) is 5.43 Å². The molecule has 0 unspecified atom stereocenters. The molecule has 0 heterocycles. The maximum atomic E-state index is 11.9. The van der Waals surface area contributed by atoms with E-state index in [4.69, 9.17) is 11.6 Å². The number of allylic oxidation sites excluding steroid dienone is 1. The Kier molecular flexibility index (Phi) is 5.33. The summed E-state index contributed by atoms with van der Waals surface area (Å²) < 4.78 is 0. The fourth-order valence-corrected chi connectivity index (χ4v) is 1.99. The number of hydrazone groups is 1. The van der Waals surface area contributed by atoms with Gasteiger partial charge in [-0.1, -0.05) is 29.8 Å². The highest BCUT2D eigenvalue weighted by Gasteiger charge is 2.05.